The van der Waals surface area contributed by atoms with E-state index in [0.717, 1.165) is 12.8 Å². The van der Waals surface area contributed by atoms with E-state index in [9.17, 15) is 4.79 Å². The zero-order valence-electron chi connectivity index (χ0n) is 6.75. The van der Waals surface area contributed by atoms with Gasteiger partial charge in [0.05, 0.1) is 19.3 Å². The van der Waals surface area contributed by atoms with Gasteiger partial charge < -0.3 is 0 Å². The highest BCUT2D eigenvalue weighted by Crippen LogP contribution is 2.02. The molecule has 0 spiro atoms. The average molecular weight is 176 g/mol. The van der Waals surface area contributed by atoms with E-state index >= 15 is 0 Å². The van der Waals surface area contributed by atoms with E-state index in [4.69, 9.17) is 0 Å². The van der Waals surface area contributed by atoms with Crippen LogP contribution in [0.15, 0.2) is 0 Å². The largest absolute Gasteiger partial charge is 0.472 e. The van der Waals surface area contributed by atoms with Crippen molar-refractivity contribution in [3.63, 3.8) is 0 Å². The van der Waals surface area contributed by atoms with E-state index in [1.807, 2.05) is 0 Å². The van der Waals surface area contributed by atoms with Gasteiger partial charge in [0.15, 0.2) is 0 Å². The third-order valence-electron chi connectivity index (χ3n) is 1.39. The van der Waals surface area contributed by atoms with Crippen LogP contribution in [0.25, 0.3) is 0 Å². The van der Waals surface area contributed by atoms with Crippen LogP contribution in [0.4, 0.5) is 0 Å². The predicted molar refractivity (Wildman–Crippen MR) is 46.0 cm³/mol. The molecule has 0 saturated carbocycles. The van der Waals surface area contributed by atoms with Gasteiger partial charge in [0.1, 0.15) is 0 Å². The lowest BCUT2D eigenvalue weighted by atomic mass is 10.1. The number of amides is 1. The molecule has 0 aromatic carbocycles. The Kier molecular flexibility index (Phi) is 8.00. The van der Waals surface area contributed by atoms with Crippen LogP contribution in [0, 0.1) is 0 Å². The molecular formula is C7H14NO2S+. The van der Waals surface area contributed by atoms with Crippen LogP contribution in [-0.4, -0.2) is 5.91 Å². The van der Waals surface area contributed by atoms with Crippen molar-refractivity contribution in [1.29, 1.82) is 0 Å². The van der Waals surface area contributed by atoms with Crippen molar-refractivity contribution < 1.29 is 9.08 Å². The highest BCUT2D eigenvalue weighted by atomic mass is 32.1. The van der Waals surface area contributed by atoms with Gasteiger partial charge in [-0.3, -0.25) is 0 Å². The van der Waals surface area contributed by atoms with Crippen molar-refractivity contribution in [2.75, 3.05) is 0 Å². The molecule has 0 atom stereocenters. The van der Waals surface area contributed by atoms with E-state index in [2.05, 4.69) is 29.6 Å². The summed E-state index contributed by atoms with van der Waals surface area (Å²) < 4.78 is 4.03. The van der Waals surface area contributed by atoms with Crippen molar-refractivity contribution in [1.82, 2.24) is 5.48 Å². The number of rotatable bonds is 6. The van der Waals surface area contributed by atoms with Gasteiger partial charge in [0, 0.05) is 0 Å². The Bertz CT molecular complexity index is 109. The summed E-state index contributed by atoms with van der Waals surface area (Å²) in [5, 5.41) is 0. The van der Waals surface area contributed by atoms with E-state index in [0.29, 0.717) is 6.42 Å². The molecule has 0 aliphatic rings. The molecule has 4 heteroatoms. The molecule has 0 bridgehead atoms. The summed E-state index contributed by atoms with van der Waals surface area (Å²) in [6.45, 7) is 2.13. The van der Waals surface area contributed by atoms with E-state index in [-0.39, 0.29) is 5.91 Å². The first kappa shape index (κ1) is 10.9. The average Bonchev–Trinajstić information content (AvgIpc) is 1.99. The third kappa shape index (κ3) is 7.84. The molecular weight excluding hydrogens is 162 g/mol. The zero-order valence-corrected chi connectivity index (χ0v) is 7.64. The quantitative estimate of drug-likeness (QED) is 0.290. The lowest BCUT2D eigenvalue weighted by Gasteiger charge is -1.90. The monoisotopic (exact) mass is 176 g/mol. The Morgan fingerprint density at radius 1 is 1.45 bits per heavy atom. The summed E-state index contributed by atoms with van der Waals surface area (Å²) >= 11 is 3.34. The molecule has 0 aliphatic heterocycles. The van der Waals surface area contributed by atoms with Crippen LogP contribution in [0.3, 0.4) is 0 Å². The van der Waals surface area contributed by atoms with Crippen molar-refractivity contribution in [2.45, 2.75) is 39.0 Å². The van der Waals surface area contributed by atoms with E-state index in [1.165, 1.54) is 12.8 Å². The van der Waals surface area contributed by atoms with Crippen molar-refractivity contribution >= 4 is 18.8 Å². The molecule has 0 N–H and O–H groups in total. The van der Waals surface area contributed by atoms with E-state index in [1.54, 1.807) is 0 Å². The first-order valence-electron chi connectivity index (χ1n) is 3.85. The molecule has 64 valence electrons. The van der Waals surface area contributed by atoms with Crippen molar-refractivity contribution in [2.24, 2.45) is 0 Å². The lowest BCUT2D eigenvalue weighted by molar-refractivity contribution is -0.127. The van der Waals surface area contributed by atoms with Crippen LogP contribution in [-0.2, 0) is 9.08 Å². The molecule has 0 aromatic rings. The Hall–Kier alpha value is -0.0600. The second-order valence-electron chi connectivity index (χ2n) is 2.38. The third-order valence-corrected chi connectivity index (χ3v) is 1.47. The smallest absolute Gasteiger partial charge is 0.213 e. The zero-order chi connectivity index (χ0) is 8.53. The Morgan fingerprint density at radius 2 is 2.18 bits per heavy atom. The fraction of sp³-hybridized carbons (Fsp3) is 0.857. The lowest BCUT2D eigenvalue weighted by Crippen LogP contribution is -2.11. The minimum atomic E-state index is -0.226. The van der Waals surface area contributed by atoms with Gasteiger partial charge in [-0.2, -0.15) is 0 Å². The summed E-state index contributed by atoms with van der Waals surface area (Å²) in [5.74, 6) is -0.226. The van der Waals surface area contributed by atoms with Gasteiger partial charge in [-0.25, -0.2) is 4.79 Å². The van der Waals surface area contributed by atoms with Crippen LogP contribution in [0.1, 0.15) is 39.0 Å². The normalized spacial score (nSPS) is 10.0. The second-order valence-corrected chi connectivity index (χ2v) is 2.54. The standard InChI is InChI=1S/C7H14NO2S/c1-2-3-4-5-6-7(9)8-10-11/h11H,2-6H2,1H3/q+1. The van der Waals surface area contributed by atoms with Crippen molar-refractivity contribution in [3.05, 3.63) is 0 Å². The van der Waals surface area contributed by atoms with Gasteiger partial charge in [-0.15, -0.1) is 0 Å². The van der Waals surface area contributed by atoms with Gasteiger partial charge in [-0.1, -0.05) is 26.2 Å². The summed E-state index contributed by atoms with van der Waals surface area (Å²) in [6.07, 6.45) is 4.81. The summed E-state index contributed by atoms with van der Waals surface area (Å²) in [5.41, 5.74) is 3.15. The van der Waals surface area contributed by atoms with Crippen LogP contribution >= 0.6 is 12.9 Å². The molecule has 0 rings (SSSR count). The number of hydrogen-bond acceptors (Lipinski definition) is 3. The highest BCUT2D eigenvalue weighted by molar-refractivity contribution is 7.75. The Labute approximate surface area is 73.1 Å². The maximum atomic E-state index is 10.7. The molecule has 0 fully saturated rings. The first-order valence-corrected chi connectivity index (χ1v) is 4.22. The SMILES string of the molecule is CCCCCCC(=O)[N+]OS. The van der Waals surface area contributed by atoms with Crippen LogP contribution in [0.5, 0.6) is 0 Å². The molecule has 2 radical (unpaired) electrons. The van der Waals surface area contributed by atoms with Gasteiger partial charge in [-0.05, 0) is 10.7 Å². The molecule has 0 aliphatic carbocycles. The Balaban J connectivity index is 3.04. The highest BCUT2D eigenvalue weighted by Gasteiger charge is 2.18. The first-order chi connectivity index (χ1) is 5.31. The molecule has 0 heterocycles. The second kappa shape index (κ2) is 8.04. The minimum absolute atomic E-state index is 0.226. The molecule has 0 aromatic heterocycles. The van der Waals surface area contributed by atoms with Crippen LogP contribution in [0.2, 0.25) is 0 Å². The van der Waals surface area contributed by atoms with Crippen molar-refractivity contribution in [3.8, 4) is 0 Å². The van der Waals surface area contributed by atoms with E-state index < -0.39 is 0 Å². The van der Waals surface area contributed by atoms with Gasteiger partial charge in [0.2, 0.25) is 0 Å². The number of thiol groups is 1. The van der Waals surface area contributed by atoms with Gasteiger partial charge >= 0.3 is 11.4 Å². The number of hydrogen-bond donors (Lipinski definition) is 1. The molecule has 0 saturated heterocycles. The summed E-state index contributed by atoms with van der Waals surface area (Å²) in [7, 11) is 0. The summed E-state index contributed by atoms with van der Waals surface area (Å²) in [6, 6.07) is 0. The topological polar surface area (TPSA) is 40.4 Å². The van der Waals surface area contributed by atoms with Gasteiger partial charge in [0.25, 0.3) is 0 Å². The fourth-order valence-corrected chi connectivity index (χ4v) is 0.885. The number of nitrogens with zero attached hydrogens (tertiary/aromatic N) is 1. The molecule has 3 nitrogen and oxygen atoms in total. The molecule has 1 amide bonds. The molecule has 11 heavy (non-hydrogen) atoms. The maximum Gasteiger partial charge on any atom is 0.472 e. The fourth-order valence-electron chi connectivity index (χ4n) is 0.794. The Morgan fingerprint density at radius 3 is 2.73 bits per heavy atom. The minimum Gasteiger partial charge on any atom is -0.213 e. The maximum absolute atomic E-state index is 10.7. The summed E-state index contributed by atoms with van der Waals surface area (Å²) in [4.78, 5) is 10.7. The number of carbonyl (C=O) groups is 1. The predicted octanol–water partition coefficient (Wildman–Crippen LogP) is 1.86. The number of hydroxylamine groups is 1. The molecule has 0 unspecified atom stereocenters. The number of unbranched alkanes of at least 4 members (excludes halogenated alkanes) is 3. The number of carbonyl (C=O) groups excluding carboxylic acids is 1. The van der Waals surface area contributed by atoms with Crippen LogP contribution < -0.4 is 5.48 Å².